The summed E-state index contributed by atoms with van der Waals surface area (Å²) in [6.07, 6.45) is 0.746. The Bertz CT molecular complexity index is 1140. The number of morpholine rings is 1. The van der Waals surface area contributed by atoms with Gasteiger partial charge < -0.3 is 19.7 Å². The number of hydrogen-bond acceptors (Lipinski definition) is 7. The summed E-state index contributed by atoms with van der Waals surface area (Å²) >= 11 is 1.40. The number of nitrogens with zero attached hydrogens (tertiary/aromatic N) is 1. The molecule has 2 aliphatic rings. The maximum Gasteiger partial charge on any atom is 0.341 e. The van der Waals surface area contributed by atoms with E-state index in [4.69, 9.17) is 9.47 Å². The van der Waals surface area contributed by atoms with Gasteiger partial charge in [0.15, 0.2) is 0 Å². The van der Waals surface area contributed by atoms with E-state index in [1.165, 1.54) is 44.8 Å². The number of fused-ring (bicyclic) bond motifs is 1. The van der Waals surface area contributed by atoms with Crippen molar-refractivity contribution >= 4 is 38.2 Å². The summed E-state index contributed by atoms with van der Waals surface area (Å²) in [5.41, 5.74) is 1.69. The molecule has 1 fully saturated rings. The first-order valence-electron chi connectivity index (χ1n) is 10.9. The number of carbonyl (C=O) groups excluding carboxylic acids is 2. The summed E-state index contributed by atoms with van der Waals surface area (Å²) in [4.78, 5) is 28.1. The summed E-state index contributed by atoms with van der Waals surface area (Å²) in [7, 11) is -1.54. The molecule has 0 radical (unpaired) electrons. The zero-order valence-electron chi connectivity index (χ0n) is 18.7. The van der Waals surface area contributed by atoms with E-state index in [0.29, 0.717) is 42.4 Å². The van der Waals surface area contributed by atoms with E-state index >= 15 is 0 Å². The SMILES string of the molecule is CCOC(=O)c1c(NC(=O)c2ccc(S(=O)(=O)N3CCOCC3)cc2)sc2c1CC[NH+](C)C2. The quantitative estimate of drug-likeness (QED) is 0.575. The van der Waals surface area contributed by atoms with E-state index in [9.17, 15) is 18.0 Å². The van der Waals surface area contributed by atoms with Gasteiger partial charge in [-0.15, -0.1) is 11.3 Å². The minimum atomic E-state index is -3.63. The maximum atomic E-state index is 12.9. The molecule has 9 nitrogen and oxygen atoms in total. The number of sulfonamides is 1. The lowest BCUT2D eigenvalue weighted by molar-refractivity contribution is -0.895. The number of benzene rings is 1. The lowest BCUT2D eigenvalue weighted by atomic mass is 10.0. The molecular formula is C22H28N3O6S2+. The molecule has 2 aliphatic heterocycles. The van der Waals surface area contributed by atoms with Crippen LogP contribution >= 0.6 is 11.3 Å². The van der Waals surface area contributed by atoms with Crippen molar-refractivity contribution in [1.29, 1.82) is 0 Å². The minimum absolute atomic E-state index is 0.130. The fraction of sp³-hybridized carbons (Fsp3) is 0.455. The average Bonchev–Trinajstić information content (AvgIpc) is 3.16. The lowest BCUT2D eigenvalue weighted by Gasteiger charge is -2.26. The molecule has 2 N–H and O–H groups in total. The Morgan fingerprint density at radius 1 is 1.21 bits per heavy atom. The molecule has 0 aliphatic carbocycles. The van der Waals surface area contributed by atoms with Gasteiger partial charge in [0.1, 0.15) is 11.5 Å². The number of likely N-dealkylation sites (N-methyl/N-ethyl adjacent to an activating group) is 1. The molecule has 3 heterocycles. The third kappa shape index (κ3) is 4.97. The number of esters is 1. The number of nitrogens with one attached hydrogen (secondary N) is 2. The Labute approximate surface area is 197 Å². The highest BCUT2D eigenvalue weighted by molar-refractivity contribution is 7.89. The number of hydrogen-bond donors (Lipinski definition) is 2. The zero-order chi connectivity index (χ0) is 23.6. The predicted molar refractivity (Wildman–Crippen MR) is 123 cm³/mol. The van der Waals surface area contributed by atoms with E-state index in [-0.39, 0.29) is 11.5 Å². The Balaban J connectivity index is 1.55. The van der Waals surface area contributed by atoms with Crippen molar-refractivity contribution in [3.8, 4) is 0 Å². The van der Waals surface area contributed by atoms with Gasteiger partial charge in [-0.25, -0.2) is 13.2 Å². The van der Waals surface area contributed by atoms with Gasteiger partial charge in [-0.05, 0) is 36.8 Å². The van der Waals surface area contributed by atoms with Crippen molar-refractivity contribution in [2.24, 2.45) is 0 Å². The van der Waals surface area contributed by atoms with Gasteiger partial charge in [0.2, 0.25) is 10.0 Å². The molecule has 1 amide bonds. The van der Waals surface area contributed by atoms with Crippen LogP contribution < -0.4 is 10.2 Å². The van der Waals surface area contributed by atoms with Crippen molar-refractivity contribution in [2.45, 2.75) is 24.8 Å². The number of carbonyl (C=O) groups is 2. The second-order valence-corrected chi connectivity index (χ2v) is 11.1. The summed E-state index contributed by atoms with van der Waals surface area (Å²) in [6, 6.07) is 5.84. The van der Waals surface area contributed by atoms with Crippen LogP contribution in [-0.2, 0) is 32.5 Å². The van der Waals surface area contributed by atoms with Crippen molar-refractivity contribution < 1.29 is 32.4 Å². The van der Waals surface area contributed by atoms with E-state index in [1.54, 1.807) is 6.92 Å². The molecule has 0 bridgehead atoms. The standard InChI is InChI=1S/C22H27N3O6S2/c1-3-31-22(27)19-17-8-9-24(2)14-18(17)32-21(19)23-20(26)15-4-6-16(7-5-15)33(28,29)25-10-12-30-13-11-25/h4-7H,3,8-14H2,1-2H3,(H,23,26)/p+1. The van der Waals surface area contributed by atoms with Crippen LogP contribution in [0.15, 0.2) is 29.2 Å². The number of ether oxygens (including phenoxy) is 2. The van der Waals surface area contributed by atoms with Gasteiger partial charge in [-0.3, -0.25) is 4.79 Å². The second kappa shape index (κ2) is 9.90. The fourth-order valence-electron chi connectivity index (χ4n) is 4.02. The van der Waals surface area contributed by atoms with Crippen LogP contribution in [0.1, 0.15) is 38.1 Å². The van der Waals surface area contributed by atoms with Crippen molar-refractivity contribution in [1.82, 2.24) is 4.31 Å². The Morgan fingerprint density at radius 2 is 1.91 bits per heavy atom. The number of thiophene rings is 1. The van der Waals surface area contributed by atoms with Crippen LogP contribution in [0.2, 0.25) is 0 Å². The van der Waals surface area contributed by atoms with Gasteiger partial charge in [0.05, 0.1) is 48.7 Å². The van der Waals surface area contributed by atoms with E-state index in [1.807, 2.05) is 0 Å². The fourth-order valence-corrected chi connectivity index (χ4v) is 6.77. The van der Waals surface area contributed by atoms with Crippen LogP contribution in [-0.4, -0.2) is 71.1 Å². The molecule has 1 aromatic carbocycles. The molecule has 2 aromatic rings. The number of amides is 1. The van der Waals surface area contributed by atoms with Crippen LogP contribution in [0.25, 0.3) is 0 Å². The van der Waals surface area contributed by atoms with Crippen LogP contribution in [0.4, 0.5) is 5.00 Å². The highest BCUT2D eigenvalue weighted by Gasteiger charge is 2.31. The van der Waals surface area contributed by atoms with Crippen molar-refractivity contribution in [3.05, 3.63) is 45.8 Å². The van der Waals surface area contributed by atoms with Gasteiger partial charge in [0.25, 0.3) is 5.91 Å². The Morgan fingerprint density at radius 3 is 2.58 bits per heavy atom. The topological polar surface area (TPSA) is 106 Å². The third-order valence-electron chi connectivity index (χ3n) is 5.79. The predicted octanol–water partition coefficient (Wildman–Crippen LogP) is 0.769. The summed E-state index contributed by atoms with van der Waals surface area (Å²) in [6.45, 7) is 5.04. The summed E-state index contributed by atoms with van der Waals surface area (Å²) in [5, 5.41) is 3.33. The maximum absolute atomic E-state index is 12.9. The molecule has 1 atom stereocenters. The molecule has 1 aromatic heterocycles. The number of quaternary nitrogens is 1. The molecule has 1 unspecified atom stereocenters. The summed E-state index contributed by atoms with van der Waals surface area (Å²) in [5.74, 6) is -0.841. The molecule has 1 saturated heterocycles. The van der Waals surface area contributed by atoms with Crippen LogP contribution in [0.5, 0.6) is 0 Å². The smallest absolute Gasteiger partial charge is 0.341 e. The first-order valence-corrected chi connectivity index (χ1v) is 13.2. The lowest BCUT2D eigenvalue weighted by Crippen LogP contribution is -3.08. The molecule has 4 rings (SSSR count). The molecule has 0 saturated carbocycles. The third-order valence-corrected chi connectivity index (χ3v) is 8.85. The van der Waals surface area contributed by atoms with Gasteiger partial charge in [0, 0.05) is 25.1 Å². The van der Waals surface area contributed by atoms with Crippen LogP contribution in [0.3, 0.4) is 0 Å². The Hall–Kier alpha value is -2.31. The largest absolute Gasteiger partial charge is 0.462 e. The van der Waals surface area contributed by atoms with Gasteiger partial charge in [-0.1, -0.05) is 0 Å². The monoisotopic (exact) mass is 494 g/mol. The van der Waals surface area contributed by atoms with Crippen molar-refractivity contribution in [3.63, 3.8) is 0 Å². The molecule has 33 heavy (non-hydrogen) atoms. The van der Waals surface area contributed by atoms with Crippen LogP contribution in [0, 0.1) is 0 Å². The molecular weight excluding hydrogens is 466 g/mol. The van der Waals surface area contributed by atoms with Gasteiger partial charge >= 0.3 is 5.97 Å². The summed E-state index contributed by atoms with van der Waals surface area (Å²) < 4.78 is 37.4. The molecule has 178 valence electrons. The normalized spacial score (nSPS) is 19.0. The van der Waals surface area contributed by atoms with E-state index in [0.717, 1.165) is 30.0 Å². The van der Waals surface area contributed by atoms with Crippen molar-refractivity contribution in [2.75, 3.05) is 51.8 Å². The first kappa shape index (κ1) is 23.8. The average molecular weight is 495 g/mol. The van der Waals surface area contributed by atoms with Gasteiger partial charge in [-0.2, -0.15) is 4.31 Å². The van der Waals surface area contributed by atoms with E-state index < -0.39 is 21.9 Å². The Kier molecular flexibility index (Phi) is 7.15. The highest BCUT2D eigenvalue weighted by atomic mass is 32.2. The highest BCUT2D eigenvalue weighted by Crippen LogP contribution is 2.35. The number of anilines is 1. The second-order valence-electron chi connectivity index (χ2n) is 8.06. The first-order chi connectivity index (χ1) is 15.8. The zero-order valence-corrected chi connectivity index (χ0v) is 20.3. The van der Waals surface area contributed by atoms with E-state index in [2.05, 4.69) is 12.4 Å². The number of rotatable bonds is 6. The minimum Gasteiger partial charge on any atom is -0.462 e. The molecule has 0 spiro atoms. The molecule has 11 heteroatoms.